The predicted molar refractivity (Wildman–Crippen MR) is 98.1 cm³/mol. The van der Waals surface area contributed by atoms with Gasteiger partial charge in [-0.2, -0.15) is 0 Å². The van der Waals surface area contributed by atoms with Crippen LogP contribution in [-0.2, 0) is 11.3 Å². The lowest BCUT2D eigenvalue weighted by Crippen LogP contribution is -2.41. The van der Waals surface area contributed by atoms with Gasteiger partial charge in [-0.05, 0) is 42.3 Å². The summed E-state index contributed by atoms with van der Waals surface area (Å²) in [6.45, 7) is 0.869. The molecule has 6 nitrogen and oxygen atoms in total. The van der Waals surface area contributed by atoms with Gasteiger partial charge in [0, 0.05) is 43.5 Å². The third kappa shape index (κ3) is 4.32. The fraction of sp³-hybridized carbons (Fsp3) is 0.316. The molecule has 2 amide bonds. The van der Waals surface area contributed by atoms with E-state index in [1.807, 2.05) is 12.1 Å². The summed E-state index contributed by atoms with van der Waals surface area (Å²) in [6.07, 6.45) is 4.61. The fourth-order valence-electron chi connectivity index (χ4n) is 2.99. The fourth-order valence-corrected chi connectivity index (χ4v) is 3.25. The van der Waals surface area contributed by atoms with Crippen LogP contribution in [0.15, 0.2) is 42.7 Å². The number of hydrogen-bond acceptors (Lipinski definition) is 4. The van der Waals surface area contributed by atoms with Crippen molar-refractivity contribution in [2.45, 2.75) is 25.4 Å². The minimum absolute atomic E-state index is 0.0267. The number of pyridine rings is 1. The maximum Gasteiger partial charge on any atom is 0.254 e. The maximum atomic E-state index is 13.1. The molecule has 136 valence electrons. The van der Waals surface area contributed by atoms with E-state index in [4.69, 9.17) is 16.3 Å². The summed E-state index contributed by atoms with van der Waals surface area (Å²) >= 11 is 6.17. The summed E-state index contributed by atoms with van der Waals surface area (Å²) in [6, 6.07) is 8.68. The van der Waals surface area contributed by atoms with E-state index >= 15 is 0 Å². The lowest BCUT2D eigenvalue weighted by atomic mass is 10.1. The van der Waals surface area contributed by atoms with Gasteiger partial charge in [-0.3, -0.25) is 14.6 Å². The number of ether oxygens (including phenoxy) is 1. The molecule has 26 heavy (non-hydrogen) atoms. The number of aromatic nitrogens is 1. The normalized spacial score (nSPS) is 16.2. The molecule has 0 bridgehead atoms. The third-order valence-electron chi connectivity index (χ3n) is 4.33. The van der Waals surface area contributed by atoms with E-state index in [1.54, 1.807) is 35.5 Å². The molecule has 1 fully saturated rings. The van der Waals surface area contributed by atoms with Gasteiger partial charge in [-0.15, -0.1) is 0 Å². The van der Waals surface area contributed by atoms with Crippen molar-refractivity contribution in [3.63, 3.8) is 0 Å². The van der Waals surface area contributed by atoms with Gasteiger partial charge >= 0.3 is 0 Å². The Balaban J connectivity index is 1.82. The number of benzene rings is 1. The number of hydrogen-bond donors (Lipinski definition) is 1. The highest BCUT2D eigenvalue weighted by Gasteiger charge is 2.26. The van der Waals surface area contributed by atoms with Crippen molar-refractivity contribution in [1.29, 1.82) is 0 Å². The first-order chi connectivity index (χ1) is 12.6. The molecule has 1 aromatic heterocycles. The summed E-state index contributed by atoms with van der Waals surface area (Å²) < 4.78 is 5.14. The molecule has 0 spiro atoms. The van der Waals surface area contributed by atoms with E-state index < -0.39 is 0 Å². The number of amides is 2. The molecule has 1 aromatic carbocycles. The van der Waals surface area contributed by atoms with E-state index in [-0.39, 0.29) is 17.9 Å². The molecular formula is C19H20ClN3O3. The summed E-state index contributed by atoms with van der Waals surface area (Å²) in [4.78, 5) is 30.3. The minimum atomic E-state index is -0.146. The summed E-state index contributed by atoms with van der Waals surface area (Å²) in [5.41, 5.74) is 1.45. The molecular weight excluding hydrogens is 354 g/mol. The Labute approximate surface area is 157 Å². The molecule has 2 heterocycles. The number of carbonyl (C=O) groups excluding carboxylic acids is 2. The van der Waals surface area contributed by atoms with Crippen LogP contribution in [0.4, 0.5) is 0 Å². The molecule has 1 saturated heterocycles. The second kappa shape index (κ2) is 8.19. The van der Waals surface area contributed by atoms with Crippen molar-refractivity contribution in [2.24, 2.45) is 0 Å². The zero-order valence-corrected chi connectivity index (χ0v) is 15.2. The quantitative estimate of drug-likeness (QED) is 0.845. The van der Waals surface area contributed by atoms with E-state index in [1.165, 1.54) is 7.11 Å². The van der Waals surface area contributed by atoms with Crippen LogP contribution in [0.25, 0.3) is 0 Å². The summed E-state index contributed by atoms with van der Waals surface area (Å²) in [5, 5.41) is 3.30. The highest BCUT2D eigenvalue weighted by molar-refractivity contribution is 6.32. The van der Waals surface area contributed by atoms with Crippen molar-refractivity contribution in [1.82, 2.24) is 15.2 Å². The zero-order chi connectivity index (χ0) is 18.5. The average molecular weight is 374 g/mol. The number of nitrogens with zero attached hydrogens (tertiary/aromatic N) is 2. The van der Waals surface area contributed by atoms with Gasteiger partial charge in [0.25, 0.3) is 5.91 Å². The number of carbonyl (C=O) groups is 2. The first-order valence-electron chi connectivity index (χ1n) is 8.38. The first-order valence-corrected chi connectivity index (χ1v) is 8.75. The molecule has 0 unspecified atom stereocenters. The van der Waals surface area contributed by atoms with Crippen molar-refractivity contribution in [2.75, 3.05) is 13.7 Å². The van der Waals surface area contributed by atoms with Crippen molar-refractivity contribution < 1.29 is 14.3 Å². The molecule has 1 N–H and O–H groups in total. The molecule has 1 atom stereocenters. The lowest BCUT2D eigenvalue weighted by molar-refractivity contribution is -0.119. The Morgan fingerprint density at radius 1 is 1.35 bits per heavy atom. The van der Waals surface area contributed by atoms with Gasteiger partial charge in [0.1, 0.15) is 5.75 Å². The van der Waals surface area contributed by atoms with Crippen LogP contribution < -0.4 is 10.1 Å². The highest BCUT2D eigenvalue weighted by atomic mass is 35.5. The molecule has 0 saturated carbocycles. The lowest BCUT2D eigenvalue weighted by Gasteiger charge is -2.26. The summed E-state index contributed by atoms with van der Waals surface area (Å²) in [7, 11) is 1.53. The highest BCUT2D eigenvalue weighted by Crippen LogP contribution is 2.26. The van der Waals surface area contributed by atoms with E-state index in [0.717, 1.165) is 12.0 Å². The molecule has 1 aliphatic rings. The Morgan fingerprint density at radius 2 is 2.12 bits per heavy atom. The molecule has 0 aliphatic carbocycles. The number of nitrogens with one attached hydrogen (secondary N) is 1. The summed E-state index contributed by atoms with van der Waals surface area (Å²) in [5.74, 6) is 0.401. The van der Waals surface area contributed by atoms with Crippen LogP contribution in [0.3, 0.4) is 0 Å². The number of methoxy groups -OCH3 is 1. The molecule has 2 aromatic rings. The Morgan fingerprint density at radius 3 is 2.73 bits per heavy atom. The van der Waals surface area contributed by atoms with E-state index in [0.29, 0.717) is 35.8 Å². The van der Waals surface area contributed by atoms with Crippen LogP contribution in [0.1, 0.15) is 28.8 Å². The molecule has 7 heteroatoms. The third-order valence-corrected chi connectivity index (χ3v) is 4.63. The molecule has 1 aliphatic heterocycles. The second-order valence-corrected chi connectivity index (χ2v) is 6.60. The van der Waals surface area contributed by atoms with Crippen LogP contribution in [0, 0.1) is 0 Å². The number of rotatable bonds is 6. The van der Waals surface area contributed by atoms with Gasteiger partial charge in [0.15, 0.2) is 0 Å². The Kier molecular flexibility index (Phi) is 5.73. The second-order valence-electron chi connectivity index (χ2n) is 6.19. The minimum Gasteiger partial charge on any atom is -0.495 e. The van der Waals surface area contributed by atoms with Gasteiger partial charge in [-0.25, -0.2) is 0 Å². The first kappa shape index (κ1) is 18.2. The zero-order valence-electron chi connectivity index (χ0n) is 14.4. The molecule has 0 radical (unpaired) electrons. The van der Waals surface area contributed by atoms with Gasteiger partial charge in [0.05, 0.1) is 12.1 Å². The molecule has 3 rings (SSSR count). The topological polar surface area (TPSA) is 71.5 Å². The van der Waals surface area contributed by atoms with Crippen LogP contribution in [0.2, 0.25) is 5.02 Å². The Bertz CT molecular complexity index is 798. The monoisotopic (exact) mass is 373 g/mol. The van der Waals surface area contributed by atoms with Crippen molar-refractivity contribution >= 4 is 23.4 Å². The van der Waals surface area contributed by atoms with Gasteiger partial charge < -0.3 is 15.0 Å². The maximum absolute atomic E-state index is 13.1. The standard InChI is InChI=1S/C19H20ClN3O3/c1-26-17-4-2-14(10-16(17)20)19(25)23(11-13-6-8-21-9-7-13)12-15-3-5-18(24)22-15/h2,4,6-10,15H,3,5,11-12H2,1H3,(H,22,24)/t15-/m0/s1. The Hall–Kier alpha value is -2.60. The van der Waals surface area contributed by atoms with E-state index in [9.17, 15) is 9.59 Å². The smallest absolute Gasteiger partial charge is 0.254 e. The van der Waals surface area contributed by atoms with Crippen LogP contribution in [-0.4, -0.2) is 41.4 Å². The van der Waals surface area contributed by atoms with Gasteiger partial charge in [0.2, 0.25) is 5.91 Å². The van der Waals surface area contributed by atoms with Crippen LogP contribution >= 0.6 is 11.6 Å². The van der Waals surface area contributed by atoms with Crippen molar-refractivity contribution in [3.8, 4) is 5.75 Å². The average Bonchev–Trinajstić information content (AvgIpc) is 3.06. The van der Waals surface area contributed by atoms with Crippen molar-refractivity contribution in [3.05, 3.63) is 58.9 Å². The predicted octanol–water partition coefficient (Wildman–Crippen LogP) is 2.66. The SMILES string of the molecule is COc1ccc(C(=O)N(Cc2ccncc2)C[C@@H]2CCC(=O)N2)cc1Cl. The van der Waals surface area contributed by atoms with Crippen LogP contribution in [0.5, 0.6) is 5.75 Å². The van der Waals surface area contributed by atoms with Gasteiger partial charge in [-0.1, -0.05) is 11.6 Å². The number of halogens is 1. The largest absolute Gasteiger partial charge is 0.495 e. The van der Waals surface area contributed by atoms with E-state index in [2.05, 4.69) is 10.3 Å².